The highest BCUT2D eigenvalue weighted by atomic mass is 35.5. The molecule has 0 aromatic heterocycles. The Morgan fingerprint density at radius 2 is 1.94 bits per heavy atom. The normalized spacial score (nSPS) is 10.3. The molecule has 3 heteroatoms. The van der Waals surface area contributed by atoms with Gasteiger partial charge in [-0.1, -0.05) is 35.9 Å². The molecule has 0 saturated carbocycles. The molecule has 2 rings (SSSR count). The van der Waals surface area contributed by atoms with Crippen LogP contribution in [-0.2, 0) is 6.54 Å². The fourth-order valence-electron chi connectivity index (χ4n) is 1.61. The quantitative estimate of drug-likeness (QED) is 0.850. The molecule has 0 heterocycles. The Morgan fingerprint density at radius 3 is 2.65 bits per heavy atom. The van der Waals surface area contributed by atoms with Crippen molar-refractivity contribution in [1.29, 1.82) is 0 Å². The summed E-state index contributed by atoms with van der Waals surface area (Å²) in [6.07, 6.45) is 0. The molecular formula is C14H13ClFN. The fraction of sp³-hybridized carbons (Fsp3) is 0.143. The van der Waals surface area contributed by atoms with Crippen molar-refractivity contribution < 1.29 is 4.39 Å². The molecule has 0 radical (unpaired) electrons. The Morgan fingerprint density at radius 1 is 1.18 bits per heavy atom. The molecule has 0 bridgehead atoms. The van der Waals surface area contributed by atoms with Gasteiger partial charge >= 0.3 is 0 Å². The Bertz CT molecular complexity index is 525. The lowest BCUT2D eigenvalue weighted by atomic mass is 10.1. The first-order chi connectivity index (χ1) is 8.16. The molecule has 0 aliphatic rings. The van der Waals surface area contributed by atoms with Crippen molar-refractivity contribution in [2.45, 2.75) is 13.5 Å². The van der Waals surface area contributed by atoms with Crippen LogP contribution in [-0.4, -0.2) is 0 Å². The molecule has 0 amide bonds. The molecule has 88 valence electrons. The molecule has 2 aromatic carbocycles. The zero-order valence-corrected chi connectivity index (χ0v) is 10.3. The Hall–Kier alpha value is -1.54. The summed E-state index contributed by atoms with van der Waals surface area (Å²) in [6, 6.07) is 12.8. The minimum Gasteiger partial charge on any atom is -0.381 e. The van der Waals surface area contributed by atoms with E-state index in [1.807, 2.05) is 12.1 Å². The van der Waals surface area contributed by atoms with Crippen molar-refractivity contribution >= 4 is 17.3 Å². The first-order valence-corrected chi connectivity index (χ1v) is 5.78. The van der Waals surface area contributed by atoms with E-state index in [-0.39, 0.29) is 5.02 Å². The summed E-state index contributed by atoms with van der Waals surface area (Å²) in [5.41, 5.74) is 3.26. The van der Waals surface area contributed by atoms with Gasteiger partial charge in [-0.15, -0.1) is 0 Å². The Kier molecular flexibility index (Phi) is 3.64. The van der Waals surface area contributed by atoms with Crippen LogP contribution in [0.5, 0.6) is 0 Å². The monoisotopic (exact) mass is 249 g/mol. The second kappa shape index (κ2) is 5.19. The van der Waals surface area contributed by atoms with Crippen molar-refractivity contribution in [3.8, 4) is 0 Å². The molecule has 0 unspecified atom stereocenters. The van der Waals surface area contributed by atoms with Crippen LogP contribution in [0.2, 0.25) is 5.02 Å². The van der Waals surface area contributed by atoms with Gasteiger partial charge in [0, 0.05) is 12.2 Å². The molecule has 0 spiro atoms. The van der Waals surface area contributed by atoms with Gasteiger partial charge in [0.15, 0.2) is 0 Å². The topological polar surface area (TPSA) is 12.0 Å². The van der Waals surface area contributed by atoms with Crippen molar-refractivity contribution in [1.82, 2.24) is 0 Å². The maximum atomic E-state index is 13.0. The largest absolute Gasteiger partial charge is 0.381 e. The Balaban J connectivity index is 2.08. The SMILES string of the molecule is Cc1ccccc1CNc1ccc(F)c(Cl)c1. The molecule has 17 heavy (non-hydrogen) atoms. The van der Waals surface area contributed by atoms with Gasteiger partial charge in [0.05, 0.1) is 5.02 Å². The number of halogens is 2. The van der Waals surface area contributed by atoms with Gasteiger partial charge < -0.3 is 5.32 Å². The summed E-state index contributed by atoms with van der Waals surface area (Å²) < 4.78 is 13.0. The van der Waals surface area contributed by atoms with Crippen molar-refractivity contribution in [2.24, 2.45) is 0 Å². The number of anilines is 1. The Labute approximate surface area is 105 Å². The number of hydrogen-bond acceptors (Lipinski definition) is 1. The number of hydrogen-bond donors (Lipinski definition) is 1. The minimum atomic E-state index is -0.395. The van der Waals surface area contributed by atoms with Crippen LogP contribution in [0.3, 0.4) is 0 Å². The van der Waals surface area contributed by atoms with Crippen LogP contribution >= 0.6 is 11.6 Å². The molecule has 0 aliphatic carbocycles. The minimum absolute atomic E-state index is 0.139. The van der Waals surface area contributed by atoms with E-state index in [1.54, 1.807) is 12.1 Å². The predicted molar refractivity (Wildman–Crippen MR) is 69.9 cm³/mol. The highest BCUT2D eigenvalue weighted by molar-refractivity contribution is 6.31. The summed E-state index contributed by atoms with van der Waals surface area (Å²) in [4.78, 5) is 0. The lowest BCUT2D eigenvalue weighted by Gasteiger charge is -2.09. The smallest absolute Gasteiger partial charge is 0.141 e. The second-order valence-corrected chi connectivity index (χ2v) is 4.32. The third-order valence-corrected chi connectivity index (χ3v) is 2.95. The number of aryl methyl sites for hydroxylation is 1. The van der Waals surface area contributed by atoms with E-state index in [2.05, 4.69) is 24.4 Å². The van der Waals surface area contributed by atoms with Crippen LogP contribution in [0.4, 0.5) is 10.1 Å². The fourth-order valence-corrected chi connectivity index (χ4v) is 1.79. The summed E-state index contributed by atoms with van der Waals surface area (Å²) in [7, 11) is 0. The molecule has 0 atom stereocenters. The summed E-state index contributed by atoms with van der Waals surface area (Å²) >= 11 is 5.71. The van der Waals surface area contributed by atoms with Gasteiger partial charge in [0.2, 0.25) is 0 Å². The lowest BCUT2D eigenvalue weighted by molar-refractivity contribution is 0.628. The van der Waals surface area contributed by atoms with E-state index < -0.39 is 5.82 Å². The predicted octanol–water partition coefficient (Wildman–Crippen LogP) is 4.40. The molecule has 0 saturated heterocycles. The first-order valence-electron chi connectivity index (χ1n) is 5.40. The maximum Gasteiger partial charge on any atom is 0.141 e. The van der Waals surface area contributed by atoms with Crippen LogP contribution < -0.4 is 5.32 Å². The maximum absolute atomic E-state index is 13.0. The van der Waals surface area contributed by atoms with Crippen molar-refractivity contribution in [3.05, 3.63) is 64.4 Å². The summed E-state index contributed by atoms with van der Waals surface area (Å²) in [5.74, 6) is -0.395. The zero-order valence-electron chi connectivity index (χ0n) is 9.50. The summed E-state index contributed by atoms with van der Waals surface area (Å²) in [6.45, 7) is 2.77. The van der Waals surface area contributed by atoms with E-state index in [9.17, 15) is 4.39 Å². The molecular weight excluding hydrogens is 237 g/mol. The zero-order chi connectivity index (χ0) is 12.3. The highest BCUT2D eigenvalue weighted by Gasteiger charge is 2.01. The highest BCUT2D eigenvalue weighted by Crippen LogP contribution is 2.20. The average Bonchev–Trinajstić information content (AvgIpc) is 2.32. The van der Waals surface area contributed by atoms with E-state index in [0.29, 0.717) is 6.54 Å². The molecule has 1 N–H and O–H groups in total. The van der Waals surface area contributed by atoms with Gasteiger partial charge in [-0.25, -0.2) is 4.39 Å². The molecule has 0 aliphatic heterocycles. The van der Waals surface area contributed by atoms with Crippen LogP contribution in [0, 0.1) is 12.7 Å². The number of nitrogens with one attached hydrogen (secondary N) is 1. The molecule has 1 nitrogen and oxygen atoms in total. The van der Waals surface area contributed by atoms with Gasteiger partial charge in [0.1, 0.15) is 5.82 Å². The van der Waals surface area contributed by atoms with Crippen LogP contribution in [0.1, 0.15) is 11.1 Å². The van der Waals surface area contributed by atoms with Gasteiger partial charge in [-0.05, 0) is 36.2 Å². The molecule has 0 fully saturated rings. The first kappa shape index (κ1) is 11.9. The third-order valence-electron chi connectivity index (χ3n) is 2.66. The van der Waals surface area contributed by atoms with E-state index >= 15 is 0 Å². The van der Waals surface area contributed by atoms with Gasteiger partial charge in [-0.3, -0.25) is 0 Å². The third kappa shape index (κ3) is 2.98. The number of rotatable bonds is 3. The van der Waals surface area contributed by atoms with Gasteiger partial charge in [0.25, 0.3) is 0 Å². The van der Waals surface area contributed by atoms with E-state index in [1.165, 1.54) is 17.2 Å². The van der Waals surface area contributed by atoms with Gasteiger partial charge in [-0.2, -0.15) is 0 Å². The summed E-state index contributed by atoms with van der Waals surface area (Å²) in [5, 5.41) is 3.36. The average molecular weight is 250 g/mol. The lowest BCUT2D eigenvalue weighted by Crippen LogP contribution is -2.01. The van der Waals surface area contributed by atoms with Crippen LogP contribution in [0.15, 0.2) is 42.5 Å². The van der Waals surface area contributed by atoms with Crippen molar-refractivity contribution in [3.63, 3.8) is 0 Å². The molecule has 2 aromatic rings. The van der Waals surface area contributed by atoms with Crippen molar-refractivity contribution in [2.75, 3.05) is 5.32 Å². The number of benzene rings is 2. The second-order valence-electron chi connectivity index (χ2n) is 3.91. The standard InChI is InChI=1S/C14H13ClFN/c1-10-4-2-3-5-11(10)9-17-12-6-7-14(16)13(15)8-12/h2-8,17H,9H2,1H3. The van der Waals surface area contributed by atoms with E-state index in [0.717, 1.165) is 5.69 Å². The van der Waals surface area contributed by atoms with Crippen LogP contribution in [0.25, 0.3) is 0 Å². The van der Waals surface area contributed by atoms with E-state index in [4.69, 9.17) is 11.6 Å².